The van der Waals surface area contributed by atoms with Gasteiger partial charge >= 0.3 is 0 Å². The molecule has 0 radical (unpaired) electrons. The van der Waals surface area contributed by atoms with Crippen LogP contribution in [0.3, 0.4) is 0 Å². The molecule has 2 N–H and O–H groups in total. The molecule has 0 aliphatic heterocycles. The highest BCUT2D eigenvalue weighted by Gasteiger charge is 2.02. The minimum Gasteiger partial charge on any atom is -0.340 e. The van der Waals surface area contributed by atoms with Crippen LogP contribution in [0.5, 0.6) is 0 Å². The molecular weight excluding hydrogens is 254 g/mol. The molecule has 0 spiro atoms. The molecule has 14 heavy (non-hydrogen) atoms. The number of nitrogens with zero attached hydrogens (tertiary/aromatic N) is 1. The van der Waals surface area contributed by atoms with Crippen LogP contribution in [0.2, 0.25) is 0 Å². The molecule has 0 atom stereocenters. The van der Waals surface area contributed by atoms with Gasteiger partial charge in [-0.3, -0.25) is 4.98 Å². The Bertz CT molecular complexity index is 331. The lowest BCUT2D eigenvalue weighted by Gasteiger charge is -2.10. The van der Waals surface area contributed by atoms with Crippen LogP contribution < -0.4 is 10.6 Å². The molecule has 1 aromatic heterocycles. The summed E-state index contributed by atoms with van der Waals surface area (Å²) in [7, 11) is 0. The van der Waals surface area contributed by atoms with Crippen LogP contribution >= 0.6 is 49.7 Å². The Kier molecular flexibility index (Phi) is 4.59. The van der Waals surface area contributed by atoms with Gasteiger partial charge in [-0.25, -0.2) is 0 Å². The number of pyridine rings is 1. The number of thiol groups is 2. The van der Waals surface area contributed by atoms with Gasteiger partial charge in [0.25, 0.3) is 0 Å². The SMILES string of the molecule is S=C(S)Nc1ccncc1NC(=S)S. The summed E-state index contributed by atoms with van der Waals surface area (Å²) in [4.78, 5) is 3.94. The summed E-state index contributed by atoms with van der Waals surface area (Å²) >= 11 is 17.5. The second kappa shape index (κ2) is 5.50. The van der Waals surface area contributed by atoms with E-state index >= 15 is 0 Å². The van der Waals surface area contributed by atoms with Crippen molar-refractivity contribution in [2.24, 2.45) is 0 Å². The predicted molar refractivity (Wildman–Crippen MR) is 74.7 cm³/mol. The first-order valence-electron chi connectivity index (χ1n) is 3.53. The summed E-state index contributed by atoms with van der Waals surface area (Å²) in [5, 5.41) is 5.73. The summed E-state index contributed by atoms with van der Waals surface area (Å²) in [6.07, 6.45) is 3.26. The van der Waals surface area contributed by atoms with Crippen LogP contribution in [0.4, 0.5) is 11.4 Å². The first-order valence-corrected chi connectivity index (χ1v) is 5.24. The highest BCUT2D eigenvalue weighted by Crippen LogP contribution is 2.20. The van der Waals surface area contributed by atoms with E-state index in [-0.39, 0.29) is 0 Å². The number of hydrogen-bond donors (Lipinski definition) is 4. The van der Waals surface area contributed by atoms with Gasteiger partial charge in [0.1, 0.15) is 8.64 Å². The zero-order chi connectivity index (χ0) is 10.6. The molecule has 1 aromatic rings. The van der Waals surface area contributed by atoms with Crippen molar-refractivity contribution < 1.29 is 0 Å². The molecule has 74 valence electrons. The van der Waals surface area contributed by atoms with Gasteiger partial charge in [-0.15, -0.1) is 25.3 Å². The lowest BCUT2D eigenvalue weighted by Crippen LogP contribution is -2.08. The van der Waals surface area contributed by atoms with E-state index in [0.717, 1.165) is 5.69 Å². The van der Waals surface area contributed by atoms with Crippen LogP contribution in [0, 0.1) is 0 Å². The molecule has 0 fully saturated rings. The van der Waals surface area contributed by atoms with Crippen molar-refractivity contribution in [3.05, 3.63) is 18.5 Å². The van der Waals surface area contributed by atoms with Crippen molar-refractivity contribution in [3.8, 4) is 0 Å². The smallest absolute Gasteiger partial charge is 0.135 e. The quantitative estimate of drug-likeness (QED) is 0.486. The Morgan fingerprint density at radius 2 is 1.71 bits per heavy atom. The maximum Gasteiger partial charge on any atom is 0.135 e. The van der Waals surface area contributed by atoms with Gasteiger partial charge in [0.15, 0.2) is 0 Å². The van der Waals surface area contributed by atoms with Gasteiger partial charge in [0.05, 0.1) is 17.6 Å². The molecule has 0 aliphatic carbocycles. The standard InChI is InChI=1S/C7H7N3S4/c11-6(12)9-4-1-2-8-3-5(4)10-7(13)14/h1-3H,(H2,10,13,14)(H2,8,9,11,12). The molecule has 1 rings (SSSR count). The topological polar surface area (TPSA) is 37.0 Å². The van der Waals surface area contributed by atoms with Gasteiger partial charge in [-0.1, -0.05) is 24.4 Å². The number of thiocarbonyl (C=S) groups is 2. The van der Waals surface area contributed by atoms with Gasteiger partial charge < -0.3 is 10.6 Å². The maximum atomic E-state index is 4.80. The normalized spacial score (nSPS) is 9.29. The molecule has 0 unspecified atom stereocenters. The van der Waals surface area contributed by atoms with Crippen LogP contribution in [-0.2, 0) is 0 Å². The van der Waals surface area contributed by atoms with Crippen molar-refractivity contribution in [1.82, 2.24) is 4.98 Å². The third-order valence-electron chi connectivity index (χ3n) is 1.30. The van der Waals surface area contributed by atoms with E-state index in [1.807, 2.05) is 0 Å². The molecule has 1 heterocycles. The minimum atomic E-state index is 0.367. The minimum absolute atomic E-state index is 0.367. The lowest BCUT2D eigenvalue weighted by molar-refractivity contribution is 1.33. The monoisotopic (exact) mass is 261 g/mol. The predicted octanol–water partition coefficient (Wildman–Crippen LogP) is 2.33. The van der Waals surface area contributed by atoms with Crippen molar-refractivity contribution in [1.29, 1.82) is 0 Å². The largest absolute Gasteiger partial charge is 0.340 e. The van der Waals surface area contributed by atoms with E-state index in [9.17, 15) is 0 Å². The fourth-order valence-corrected chi connectivity index (χ4v) is 1.29. The van der Waals surface area contributed by atoms with Crippen LogP contribution in [0.1, 0.15) is 0 Å². The zero-order valence-electron chi connectivity index (χ0n) is 6.89. The third-order valence-corrected chi connectivity index (χ3v) is 1.73. The molecular formula is C7H7N3S4. The van der Waals surface area contributed by atoms with E-state index in [4.69, 9.17) is 24.4 Å². The van der Waals surface area contributed by atoms with E-state index in [2.05, 4.69) is 40.9 Å². The number of hydrogen-bond acceptors (Lipinski definition) is 3. The van der Waals surface area contributed by atoms with Crippen molar-refractivity contribution in [3.63, 3.8) is 0 Å². The maximum absolute atomic E-state index is 4.80. The van der Waals surface area contributed by atoms with Gasteiger partial charge in [-0.2, -0.15) is 0 Å². The summed E-state index contributed by atoms with van der Waals surface area (Å²) < 4.78 is 0.746. The van der Waals surface area contributed by atoms with Crippen LogP contribution in [0.15, 0.2) is 18.5 Å². The van der Waals surface area contributed by atoms with Crippen molar-refractivity contribution >= 4 is 69.7 Å². The van der Waals surface area contributed by atoms with Gasteiger partial charge in [0, 0.05) is 6.20 Å². The Hall–Kier alpha value is -0.370. The fraction of sp³-hybridized carbons (Fsp3) is 0. The Morgan fingerprint density at radius 3 is 2.29 bits per heavy atom. The molecule has 7 heteroatoms. The van der Waals surface area contributed by atoms with Gasteiger partial charge in [-0.05, 0) is 6.07 Å². The molecule has 3 nitrogen and oxygen atoms in total. The average molecular weight is 261 g/mol. The number of rotatable bonds is 2. The first kappa shape index (κ1) is 11.7. The molecule has 0 aromatic carbocycles. The zero-order valence-corrected chi connectivity index (χ0v) is 10.3. The highest BCUT2D eigenvalue weighted by atomic mass is 32.1. The van der Waals surface area contributed by atoms with E-state index in [1.165, 1.54) is 0 Å². The Balaban J connectivity index is 2.90. The number of nitrogens with one attached hydrogen (secondary N) is 2. The summed E-state index contributed by atoms with van der Waals surface area (Å²) in [5.41, 5.74) is 1.47. The number of anilines is 2. The molecule has 0 bridgehead atoms. The molecule has 0 aliphatic rings. The molecule has 0 saturated heterocycles. The average Bonchev–Trinajstić information content (AvgIpc) is 2.06. The summed E-state index contributed by atoms with van der Waals surface area (Å²) in [5.74, 6) is 0. The second-order valence-corrected chi connectivity index (χ2v) is 4.60. The van der Waals surface area contributed by atoms with E-state index in [0.29, 0.717) is 14.3 Å². The third kappa shape index (κ3) is 3.79. The highest BCUT2D eigenvalue weighted by molar-refractivity contribution is 8.11. The number of aromatic nitrogens is 1. The fourth-order valence-electron chi connectivity index (χ4n) is 0.833. The van der Waals surface area contributed by atoms with E-state index < -0.39 is 0 Å². The first-order chi connectivity index (χ1) is 6.59. The van der Waals surface area contributed by atoms with E-state index in [1.54, 1.807) is 18.5 Å². The summed E-state index contributed by atoms with van der Waals surface area (Å²) in [6.45, 7) is 0. The Labute approximate surface area is 104 Å². The van der Waals surface area contributed by atoms with Crippen molar-refractivity contribution in [2.45, 2.75) is 0 Å². The molecule has 0 amide bonds. The van der Waals surface area contributed by atoms with Gasteiger partial charge in [0.2, 0.25) is 0 Å². The van der Waals surface area contributed by atoms with Crippen LogP contribution in [-0.4, -0.2) is 13.6 Å². The summed E-state index contributed by atoms with van der Waals surface area (Å²) in [6, 6.07) is 1.76. The molecule has 0 saturated carbocycles. The Morgan fingerprint density at radius 1 is 1.14 bits per heavy atom. The van der Waals surface area contributed by atoms with Crippen molar-refractivity contribution in [2.75, 3.05) is 10.6 Å². The second-order valence-electron chi connectivity index (χ2n) is 2.28. The van der Waals surface area contributed by atoms with Crippen LogP contribution in [0.25, 0.3) is 0 Å². The lowest BCUT2D eigenvalue weighted by atomic mass is 10.3.